The van der Waals surface area contributed by atoms with Crippen molar-refractivity contribution >= 4 is 109 Å². The highest BCUT2D eigenvalue weighted by Gasteiger charge is 2.26. The van der Waals surface area contributed by atoms with Gasteiger partial charge in [0.05, 0.1) is 89.3 Å². The Balaban J connectivity index is 0.586. The number of aromatic nitrogens is 10. The first kappa shape index (κ1) is 68.1. The lowest BCUT2D eigenvalue weighted by Gasteiger charge is -2.13. The molecule has 0 saturated carbocycles. The lowest BCUT2D eigenvalue weighted by atomic mass is 9.99. The van der Waals surface area contributed by atoms with E-state index in [2.05, 4.69) is 413 Å². The predicted molar refractivity (Wildman–Crippen MR) is 495 cm³/mol. The van der Waals surface area contributed by atoms with Crippen LogP contribution in [-0.4, -0.2) is 48.2 Å². The third-order valence-electron chi connectivity index (χ3n) is 24.0. The van der Waals surface area contributed by atoms with Crippen molar-refractivity contribution in [2.24, 2.45) is 0 Å². The molecule has 0 bridgehead atoms. The number of hydrogen-bond donors (Lipinski definition) is 0. The summed E-state index contributed by atoms with van der Waals surface area (Å²) in [6.07, 6.45) is 0. The van der Waals surface area contributed by atoms with Gasteiger partial charge in [-0.25, -0.2) is 29.9 Å². The molecule has 0 spiro atoms. The van der Waals surface area contributed by atoms with Crippen LogP contribution in [-0.2, 0) is 0 Å². The topological polar surface area (TPSA) is 97.1 Å². The van der Waals surface area contributed by atoms with E-state index >= 15 is 0 Å². The van der Waals surface area contributed by atoms with Gasteiger partial charge >= 0.3 is 0 Å². The predicted octanol–water partition coefficient (Wildman–Crippen LogP) is 27.8. The number of hydrogen-bond acceptors (Lipinski definition) is 6. The molecule has 0 aliphatic carbocycles. The molecule has 24 rings (SSSR count). The van der Waals surface area contributed by atoms with Crippen molar-refractivity contribution in [1.82, 2.24) is 48.2 Å². The van der Waals surface area contributed by atoms with Crippen molar-refractivity contribution in [3.8, 4) is 124 Å². The molecule has 8 aromatic heterocycles. The summed E-state index contributed by atoms with van der Waals surface area (Å²) < 4.78 is 9.53. The van der Waals surface area contributed by atoms with E-state index in [-0.39, 0.29) is 0 Å². The Morgan fingerprint density at radius 1 is 0.158 bits per heavy atom. The standard InChI is InChI=1S/C110H68N10/c1-4-26-74(27-5-1)109-113-93(69-50-54-72(55-51-69)105-103-88-41-15-22-48-100(88)119(79-31-6-2-7-32-79)107(103)86-39-10-17-43-91(86)111-105)67-94(114-109)71-58-61-81(62-59-71)117-99-47-21-14-38-85(99)90-66-76(60-63-102(90)117)75-28-24-30-78(64-75)110-115-95(68-96(116-110)77-29-25-35-82(65-77)118-97-45-19-12-36-83(97)84-37-13-20-46-98(84)118)70-52-56-73(57-53-70)106-104-89-42-16-23-49-101(89)120(80-33-8-3-9-34-80)108(104)87-40-11-18-44-92(87)112-106/h1-68H. The largest absolute Gasteiger partial charge is 0.309 e. The zero-order chi connectivity index (χ0) is 78.9. The van der Waals surface area contributed by atoms with Crippen LogP contribution in [0.2, 0.25) is 0 Å². The maximum absolute atomic E-state index is 5.55. The summed E-state index contributed by atoms with van der Waals surface area (Å²) in [5.74, 6) is 1.27. The lowest BCUT2D eigenvalue weighted by molar-refractivity contribution is 1.16. The molecule has 0 N–H and O–H groups in total. The first-order valence-electron chi connectivity index (χ1n) is 40.6. The van der Waals surface area contributed by atoms with Crippen molar-refractivity contribution in [2.75, 3.05) is 0 Å². The minimum absolute atomic E-state index is 0.619. The maximum Gasteiger partial charge on any atom is 0.160 e. The normalized spacial score (nSPS) is 11.8. The maximum atomic E-state index is 5.55. The van der Waals surface area contributed by atoms with Crippen LogP contribution >= 0.6 is 0 Å². The van der Waals surface area contributed by atoms with Crippen molar-refractivity contribution in [1.29, 1.82) is 0 Å². The molecule has 10 heteroatoms. The summed E-state index contributed by atoms with van der Waals surface area (Å²) in [6.45, 7) is 0. The molecular weight excluding hydrogens is 1460 g/mol. The van der Waals surface area contributed by atoms with Gasteiger partial charge in [-0.15, -0.1) is 0 Å². The highest BCUT2D eigenvalue weighted by atomic mass is 15.0. The van der Waals surface area contributed by atoms with Gasteiger partial charge in [-0.1, -0.05) is 291 Å². The van der Waals surface area contributed by atoms with Crippen LogP contribution in [0, 0.1) is 0 Å². The van der Waals surface area contributed by atoms with Crippen molar-refractivity contribution in [3.63, 3.8) is 0 Å². The number of para-hydroxylation sites is 9. The van der Waals surface area contributed by atoms with E-state index in [0.717, 1.165) is 211 Å². The van der Waals surface area contributed by atoms with Gasteiger partial charge in [0.2, 0.25) is 0 Å². The van der Waals surface area contributed by atoms with Crippen LogP contribution in [0.4, 0.5) is 0 Å². The Bertz CT molecular complexity index is 8190. The Hall–Kier alpha value is -16.3. The molecule has 0 radical (unpaired) electrons. The van der Waals surface area contributed by atoms with Gasteiger partial charge in [-0.3, -0.25) is 0 Å². The molecule has 120 heavy (non-hydrogen) atoms. The fourth-order valence-electron chi connectivity index (χ4n) is 18.5. The zero-order valence-electron chi connectivity index (χ0n) is 64.7. The number of pyridine rings is 2. The molecule has 0 fully saturated rings. The molecule has 0 saturated heterocycles. The quantitative estimate of drug-likeness (QED) is 0.114. The van der Waals surface area contributed by atoms with E-state index in [0.29, 0.717) is 11.6 Å². The highest BCUT2D eigenvalue weighted by Crippen LogP contribution is 2.46. The summed E-state index contributed by atoms with van der Waals surface area (Å²) in [5.41, 5.74) is 30.2. The van der Waals surface area contributed by atoms with Crippen LogP contribution in [0.25, 0.3) is 233 Å². The van der Waals surface area contributed by atoms with E-state index < -0.39 is 0 Å². The average molecular weight is 1530 g/mol. The molecule has 8 heterocycles. The number of benzene rings is 16. The fraction of sp³-hybridized carbons (Fsp3) is 0. The summed E-state index contributed by atoms with van der Waals surface area (Å²) in [7, 11) is 0. The van der Waals surface area contributed by atoms with Gasteiger partial charge < -0.3 is 18.3 Å². The second-order valence-electron chi connectivity index (χ2n) is 30.9. The van der Waals surface area contributed by atoms with Crippen LogP contribution in [0.15, 0.2) is 413 Å². The summed E-state index contributed by atoms with van der Waals surface area (Å²) in [5, 5.41) is 11.5. The second-order valence-corrected chi connectivity index (χ2v) is 30.9. The number of rotatable bonds is 13. The minimum Gasteiger partial charge on any atom is -0.309 e. The van der Waals surface area contributed by atoms with Crippen molar-refractivity contribution in [3.05, 3.63) is 413 Å². The lowest BCUT2D eigenvalue weighted by Crippen LogP contribution is -1.98. The molecule has 10 nitrogen and oxygen atoms in total. The Morgan fingerprint density at radius 2 is 0.475 bits per heavy atom. The van der Waals surface area contributed by atoms with E-state index in [9.17, 15) is 0 Å². The summed E-state index contributed by atoms with van der Waals surface area (Å²) >= 11 is 0. The van der Waals surface area contributed by atoms with E-state index in [1.165, 1.54) is 10.8 Å². The molecule has 0 atom stereocenters. The molecule has 16 aromatic carbocycles. The molecule has 558 valence electrons. The van der Waals surface area contributed by atoms with Crippen molar-refractivity contribution in [2.45, 2.75) is 0 Å². The van der Waals surface area contributed by atoms with E-state index in [4.69, 9.17) is 29.9 Å². The van der Waals surface area contributed by atoms with E-state index in [1.807, 2.05) is 18.2 Å². The highest BCUT2D eigenvalue weighted by molar-refractivity contribution is 6.24. The third kappa shape index (κ3) is 11.2. The Labute approximate surface area is 689 Å². The minimum atomic E-state index is 0.619. The average Bonchev–Trinajstić information content (AvgIpc) is 1.56. The summed E-state index contributed by atoms with van der Waals surface area (Å²) in [4.78, 5) is 32.6. The number of fused-ring (bicyclic) bond motifs is 16. The van der Waals surface area contributed by atoms with Gasteiger partial charge in [0.1, 0.15) is 0 Å². The van der Waals surface area contributed by atoms with Gasteiger partial charge in [-0.2, -0.15) is 0 Å². The smallest absolute Gasteiger partial charge is 0.160 e. The van der Waals surface area contributed by atoms with Crippen LogP contribution in [0.5, 0.6) is 0 Å². The van der Waals surface area contributed by atoms with Gasteiger partial charge in [-0.05, 0) is 132 Å². The summed E-state index contributed by atoms with van der Waals surface area (Å²) in [6, 6.07) is 147. The first-order valence-corrected chi connectivity index (χ1v) is 40.6. The fourth-order valence-corrected chi connectivity index (χ4v) is 18.5. The molecule has 0 amide bonds. The monoisotopic (exact) mass is 1530 g/mol. The van der Waals surface area contributed by atoms with Crippen LogP contribution in [0.3, 0.4) is 0 Å². The molecule has 0 aliphatic rings. The molecule has 24 aromatic rings. The first-order chi connectivity index (χ1) is 59.5. The number of nitrogens with zero attached hydrogens (tertiary/aromatic N) is 10. The van der Waals surface area contributed by atoms with Gasteiger partial charge in [0, 0.05) is 121 Å². The van der Waals surface area contributed by atoms with Crippen LogP contribution in [0.1, 0.15) is 0 Å². The van der Waals surface area contributed by atoms with Gasteiger partial charge in [0.25, 0.3) is 0 Å². The van der Waals surface area contributed by atoms with Gasteiger partial charge in [0.15, 0.2) is 11.6 Å². The van der Waals surface area contributed by atoms with Crippen molar-refractivity contribution < 1.29 is 0 Å². The molecule has 0 unspecified atom stereocenters. The SMILES string of the molecule is c1ccc(-c2nc(-c3ccc(-c4nc5ccccc5c5c4c4ccccc4n5-c4ccccc4)cc3)cc(-c3ccc(-n4c5ccccc5c5cc(-c6cccc(-c7nc(-c8ccc(-c9nc%10ccccc%10c%10c9c9ccccc9n%10-c9ccccc9)cc8)cc(-c8cccc(-n9c%10ccccc%10c%10ccccc%109)c8)n7)c6)ccc54)cc3)n2)cc1. The zero-order valence-corrected chi connectivity index (χ0v) is 64.7. The second kappa shape index (κ2) is 27.7. The molecular formula is C110H68N10. The Morgan fingerprint density at radius 3 is 0.975 bits per heavy atom. The molecule has 0 aliphatic heterocycles. The third-order valence-corrected chi connectivity index (χ3v) is 24.0. The van der Waals surface area contributed by atoms with E-state index in [1.54, 1.807) is 0 Å². The van der Waals surface area contributed by atoms with Crippen LogP contribution < -0.4 is 0 Å². The Kier molecular flexibility index (Phi) is 15.7.